The Morgan fingerprint density at radius 1 is 1.41 bits per heavy atom. The van der Waals surface area contributed by atoms with Gasteiger partial charge in [0.25, 0.3) is 0 Å². The van der Waals surface area contributed by atoms with Gasteiger partial charge in [0.05, 0.1) is 19.1 Å². The minimum atomic E-state index is -0.530. The summed E-state index contributed by atoms with van der Waals surface area (Å²) in [5.41, 5.74) is 11.7. The molecule has 17 heavy (non-hydrogen) atoms. The van der Waals surface area contributed by atoms with E-state index in [1.165, 1.54) is 24.9 Å². The molecule has 4 N–H and O–H groups in total. The van der Waals surface area contributed by atoms with Crippen LogP contribution in [0, 0.1) is 0 Å². The van der Waals surface area contributed by atoms with E-state index < -0.39 is 5.91 Å². The van der Waals surface area contributed by atoms with E-state index in [4.69, 9.17) is 11.5 Å². The second-order valence-corrected chi connectivity index (χ2v) is 4.43. The number of hydrogen-bond acceptors (Lipinski definition) is 5. The van der Waals surface area contributed by atoms with Gasteiger partial charge in [-0.25, -0.2) is 0 Å². The first kappa shape index (κ1) is 13.4. The first-order valence-electron chi connectivity index (χ1n) is 4.93. The van der Waals surface area contributed by atoms with Gasteiger partial charge in [0.2, 0.25) is 5.91 Å². The third kappa shape index (κ3) is 3.99. The maximum absolute atomic E-state index is 11.2. The number of ether oxygens (including phenoxy) is 1. The van der Waals surface area contributed by atoms with Crippen molar-refractivity contribution < 1.29 is 14.3 Å². The smallest absolute Gasteiger partial charge is 0.306 e. The van der Waals surface area contributed by atoms with Crippen LogP contribution in [0.2, 0.25) is 0 Å². The van der Waals surface area contributed by atoms with E-state index in [0.29, 0.717) is 17.0 Å². The summed E-state index contributed by atoms with van der Waals surface area (Å²) in [6, 6.07) is 4.94. The lowest BCUT2D eigenvalue weighted by Gasteiger charge is -2.06. The molecule has 0 radical (unpaired) electrons. The van der Waals surface area contributed by atoms with Gasteiger partial charge >= 0.3 is 5.97 Å². The fraction of sp³-hybridized carbons (Fsp3) is 0.273. The molecule has 0 bridgehead atoms. The van der Waals surface area contributed by atoms with Crippen molar-refractivity contribution in [3.05, 3.63) is 23.8 Å². The summed E-state index contributed by atoms with van der Waals surface area (Å²) in [7, 11) is 1.34. The van der Waals surface area contributed by atoms with Crippen LogP contribution >= 0.6 is 11.8 Å². The number of methoxy groups -OCH3 is 1. The van der Waals surface area contributed by atoms with Crippen LogP contribution in [0.15, 0.2) is 23.1 Å². The maximum Gasteiger partial charge on any atom is 0.306 e. The van der Waals surface area contributed by atoms with Gasteiger partial charge in [-0.3, -0.25) is 9.59 Å². The van der Waals surface area contributed by atoms with Crippen LogP contribution in [0.5, 0.6) is 0 Å². The number of benzene rings is 1. The second kappa shape index (κ2) is 6.15. The van der Waals surface area contributed by atoms with Crippen LogP contribution in [0.1, 0.15) is 16.8 Å². The van der Waals surface area contributed by atoms with E-state index in [0.717, 1.165) is 4.90 Å². The molecule has 0 aliphatic carbocycles. The van der Waals surface area contributed by atoms with Crippen molar-refractivity contribution >= 4 is 29.3 Å². The SMILES string of the molecule is COC(=O)CCSc1ccc(N)cc1C(N)=O. The van der Waals surface area contributed by atoms with Crippen LogP contribution in [0.3, 0.4) is 0 Å². The number of primary amides is 1. The molecule has 0 aromatic heterocycles. The van der Waals surface area contributed by atoms with Crippen LogP contribution in [-0.2, 0) is 9.53 Å². The lowest BCUT2D eigenvalue weighted by Crippen LogP contribution is -2.13. The highest BCUT2D eigenvalue weighted by atomic mass is 32.2. The van der Waals surface area contributed by atoms with Gasteiger partial charge in [-0.15, -0.1) is 11.8 Å². The highest BCUT2D eigenvalue weighted by molar-refractivity contribution is 7.99. The van der Waals surface area contributed by atoms with E-state index in [-0.39, 0.29) is 12.4 Å². The van der Waals surface area contributed by atoms with Gasteiger partial charge in [-0.2, -0.15) is 0 Å². The van der Waals surface area contributed by atoms with Crippen molar-refractivity contribution in [1.29, 1.82) is 0 Å². The van der Waals surface area contributed by atoms with E-state index >= 15 is 0 Å². The zero-order valence-corrected chi connectivity index (χ0v) is 10.3. The topological polar surface area (TPSA) is 95.4 Å². The molecular weight excluding hydrogens is 240 g/mol. The lowest BCUT2D eigenvalue weighted by molar-refractivity contribution is -0.140. The average molecular weight is 254 g/mol. The molecule has 0 spiro atoms. The predicted octanol–water partition coefficient (Wildman–Crippen LogP) is 1.02. The van der Waals surface area contributed by atoms with E-state index in [1.807, 2.05) is 0 Å². The number of nitrogen functional groups attached to an aromatic ring is 1. The average Bonchev–Trinajstić information content (AvgIpc) is 2.30. The van der Waals surface area contributed by atoms with Crippen LogP contribution in [0.25, 0.3) is 0 Å². The first-order valence-corrected chi connectivity index (χ1v) is 5.92. The molecule has 0 unspecified atom stereocenters. The molecule has 1 amide bonds. The molecule has 92 valence electrons. The summed E-state index contributed by atoms with van der Waals surface area (Å²) in [5.74, 6) is -0.289. The molecule has 0 aliphatic rings. The highest BCUT2D eigenvalue weighted by Gasteiger charge is 2.10. The molecule has 0 fully saturated rings. The molecule has 0 heterocycles. The Bertz CT molecular complexity index is 435. The second-order valence-electron chi connectivity index (χ2n) is 3.29. The minimum Gasteiger partial charge on any atom is -0.469 e. The summed E-state index contributed by atoms with van der Waals surface area (Å²) < 4.78 is 4.52. The van der Waals surface area contributed by atoms with Crippen molar-refractivity contribution in [3.8, 4) is 0 Å². The Morgan fingerprint density at radius 2 is 2.12 bits per heavy atom. The number of esters is 1. The molecule has 0 saturated heterocycles. The molecule has 1 aromatic carbocycles. The molecule has 6 heteroatoms. The number of thioether (sulfide) groups is 1. The summed E-state index contributed by atoms with van der Waals surface area (Å²) in [6.07, 6.45) is 0.281. The first-order chi connectivity index (χ1) is 8.04. The van der Waals surface area contributed by atoms with Crippen LogP contribution in [0.4, 0.5) is 5.69 Å². The zero-order chi connectivity index (χ0) is 12.8. The summed E-state index contributed by atoms with van der Waals surface area (Å²) >= 11 is 1.37. The molecule has 0 aliphatic heterocycles. The molecule has 5 nitrogen and oxygen atoms in total. The van der Waals surface area contributed by atoms with Crippen molar-refractivity contribution in [2.75, 3.05) is 18.6 Å². The van der Waals surface area contributed by atoms with Gasteiger partial charge in [0.1, 0.15) is 0 Å². The maximum atomic E-state index is 11.2. The van der Waals surface area contributed by atoms with Crippen molar-refractivity contribution in [2.45, 2.75) is 11.3 Å². The fourth-order valence-corrected chi connectivity index (χ4v) is 2.18. The molecular formula is C11H14N2O3S. The molecule has 0 atom stereocenters. The number of carbonyl (C=O) groups is 2. The Morgan fingerprint density at radius 3 is 2.71 bits per heavy atom. The lowest BCUT2D eigenvalue weighted by atomic mass is 10.2. The van der Waals surface area contributed by atoms with Gasteiger partial charge in [0.15, 0.2) is 0 Å². The Balaban J connectivity index is 2.70. The number of amides is 1. The summed E-state index contributed by atoms with van der Waals surface area (Å²) in [6.45, 7) is 0. The van der Waals surface area contributed by atoms with Gasteiger partial charge in [-0.1, -0.05) is 0 Å². The molecule has 0 saturated carbocycles. The standard InChI is InChI=1S/C11H14N2O3S/c1-16-10(14)4-5-17-9-3-2-7(12)6-8(9)11(13)15/h2-3,6H,4-5,12H2,1H3,(H2,13,15). The van der Waals surface area contributed by atoms with Crippen molar-refractivity contribution in [2.24, 2.45) is 5.73 Å². The Kier molecular flexibility index (Phi) is 4.84. The number of rotatable bonds is 5. The monoisotopic (exact) mass is 254 g/mol. The number of anilines is 1. The van der Waals surface area contributed by atoms with Gasteiger partial charge < -0.3 is 16.2 Å². The van der Waals surface area contributed by atoms with E-state index in [1.54, 1.807) is 12.1 Å². The minimum absolute atomic E-state index is 0.281. The molecule has 1 rings (SSSR count). The Labute approximate surface area is 103 Å². The zero-order valence-electron chi connectivity index (χ0n) is 9.43. The van der Waals surface area contributed by atoms with Crippen molar-refractivity contribution in [3.63, 3.8) is 0 Å². The number of hydrogen-bond donors (Lipinski definition) is 2. The van der Waals surface area contributed by atoms with Crippen LogP contribution in [-0.4, -0.2) is 24.7 Å². The largest absolute Gasteiger partial charge is 0.469 e. The third-order valence-electron chi connectivity index (χ3n) is 2.06. The number of nitrogens with two attached hydrogens (primary N) is 2. The van der Waals surface area contributed by atoms with Gasteiger partial charge in [0, 0.05) is 16.3 Å². The highest BCUT2D eigenvalue weighted by Crippen LogP contribution is 2.25. The normalized spacial score (nSPS) is 9.94. The van der Waals surface area contributed by atoms with Gasteiger partial charge in [-0.05, 0) is 18.2 Å². The van der Waals surface area contributed by atoms with E-state index in [2.05, 4.69) is 4.74 Å². The predicted molar refractivity (Wildman–Crippen MR) is 66.7 cm³/mol. The Hall–Kier alpha value is -1.69. The van der Waals surface area contributed by atoms with E-state index in [9.17, 15) is 9.59 Å². The third-order valence-corrected chi connectivity index (χ3v) is 3.14. The summed E-state index contributed by atoms with van der Waals surface area (Å²) in [5, 5.41) is 0. The fourth-order valence-electron chi connectivity index (χ4n) is 1.21. The van der Waals surface area contributed by atoms with Crippen LogP contribution < -0.4 is 11.5 Å². The summed E-state index contributed by atoms with van der Waals surface area (Å²) in [4.78, 5) is 22.8. The van der Waals surface area contributed by atoms with Crippen molar-refractivity contribution in [1.82, 2.24) is 0 Å². The quantitative estimate of drug-likeness (QED) is 0.464. The number of carbonyl (C=O) groups excluding carboxylic acids is 2. The molecule has 1 aromatic rings.